The van der Waals surface area contributed by atoms with Gasteiger partial charge in [0.15, 0.2) is 0 Å². The minimum atomic E-state index is 0.449. The molecule has 2 saturated carbocycles. The molecule has 0 aliphatic heterocycles. The second-order valence-electron chi connectivity index (χ2n) is 6.08. The lowest BCUT2D eigenvalue weighted by atomic mass is 9.77. The highest BCUT2D eigenvalue weighted by atomic mass is 14.9. The standard InChI is InChI=1S/C13H25N/c1-9(2)13-10(3)12(13,4)8-6-5-7-11(13)14/h9-11H,5-8,14H2,1-4H3. The third-order valence-electron chi connectivity index (χ3n) is 5.61. The van der Waals surface area contributed by atoms with Crippen LogP contribution >= 0.6 is 0 Å². The quantitative estimate of drug-likeness (QED) is 0.683. The fourth-order valence-electron chi connectivity index (χ4n) is 4.85. The predicted molar refractivity (Wildman–Crippen MR) is 61.0 cm³/mol. The second-order valence-corrected chi connectivity index (χ2v) is 6.08. The predicted octanol–water partition coefficient (Wildman–Crippen LogP) is 3.19. The first-order chi connectivity index (χ1) is 6.48. The maximum absolute atomic E-state index is 6.43. The zero-order chi connectivity index (χ0) is 10.6. The molecule has 0 saturated heterocycles. The summed E-state index contributed by atoms with van der Waals surface area (Å²) in [5, 5.41) is 0. The van der Waals surface area contributed by atoms with Gasteiger partial charge in [-0.05, 0) is 35.5 Å². The molecule has 2 aliphatic rings. The van der Waals surface area contributed by atoms with Crippen LogP contribution in [0.25, 0.3) is 0 Å². The van der Waals surface area contributed by atoms with Gasteiger partial charge in [-0.25, -0.2) is 0 Å². The minimum absolute atomic E-state index is 0.449. The van der Waals surface area contributed by atoms with Gasteiger partial charge in [0.1, 0.15) is 0 Å². The summed E-state index contributed by atoms with van der Waals surface area (Å²) in [6.45, 7) is 9.63. The van der Waals surface area contributed by atoms with Crippen molar-refractivity contribution in [2.45, 2.75) is 59.4 Å². The van der Waals surface area contributed by atoms with Crippen molar-refractivity contribution in [3.63, 3.8) is 0 Å². The van der Waals surface area contributed by atoms with Gasteiger partial charge in [0, 0.05) is 6.04 Å². The van der Waals surface area contributed by atoms with Gasteiger partial charge in [-0.1, -0.05) is 40.5 Å². The highest BCUT2D eigenvalue weighted by molar-refractivity contribution is 5.23. The van der Waals surface area contributed by atoms with Crippen molar-refractivity contribution >= 4 is 0 Å². The van der Waals surface area contributed by atoms with Crippen LogP contribution in [-0.2, 0) is 0 Å². The van der Waals surface area contributed by atoms with Crippen molar-refractivity contribution in [2.75, 3.05) is 0 Å². The Labute approximate surface area is 88.4 Å². The number of hydrogen-bond acceptors (Lipinski definition) is 1. The summed E-state index contributed by atoms with van der Waals surface area (Å²) in [7, 11) is 0. The van der Waals surface area contributed by atoms with E-state index < -0.39 is 0 Å². The molecule has 1 nitrogen and oxygen atoms in total. The maximum Gasteiger partial charge on any atom is 0.0106 e. The van der Waals surface area contributed by atoms with Crippen LogP contribution in [0, 0.1) is 22.7 Å². The summed E-state index contributed by atoms with van der Waals surface area (Å²) in [4.78, 5) is 0. The van der Waals surface area contributed by atoms with Crippen LogP contribution in [0.15, 0.2) is 0 Å². The van der Waals surface area contributed by atoms with E-state index in [-0.39, 0.29) is 0 Å². The highest BCUT2D eigenvalue weighted by Gasteiger charge is 2.73. The van der Waals surface area contributed by atoms with E-state index in [1.54, 1.807) is 0 Å². The minimum Gasteiger partial charge on any atom is -0.327 e. The molecule has 0 aromatic carbocycles. The zero-order valence-corrected chi connectivity index (χ0v) is 10.1. The van der Waals surface area contributed by atoms with E-state index in [0.29, 0.717) is 16.9 Å². The Bertz CT molecular complexity index is 235. The van der Waals surface area contributed by atoms with E-state index in [9.17, 15) is 0 Å². The van der Waals surface area contributed by atoms with Gasteiger partial charge < -0.3 is 5.73 Å². The summed E-state index contributed by atoms with van der Waals surface area (Å²) in [6.07, 6.45) is 5.39. The van der Waals surface area contributed by atoms with Gasteiger partial charge in [0.25, 0.3) is 0 Å². The fourth-order valence-corrected chi connectivity index (χ4v) is 4.85. The molecule has 2 aliphatic carbocycles. The molecule has 0 radical (unpaired) electrons. The van der Waals surface area contributed by atoms with E-state index in [2.05, 4.69) is 27.7 Å². The van der Waals surface area contributed by atoms with Gasteiger partial charge in [-0.3, -0.25) is 0 Å². The molecular formula is C13H25N. The molecule has 14 heavy (non-hydrogen) atoms. The lowest BCUT2D eigenvalue weighted by Gasteiger charge is -2.31. The molecule has 0 heterocycles. The van der Waals surface area contributed by atoms with Gasteiger partial charge >= 0.3 is 0 Å². The molecule has 4 unspecified atom stereocenters. The Hall–Kier alpha value is -0.0400. The normalized spacial score (nSPS) is 52.7. The van der Waals surface area contributed by atoms with Crippen molar-refractivity contribution in [1.29, 1.82) is 0 Å². The largest absolute Gasteiger partial charge is 0.327 e. The number of nitrogens with two attached hydrogens (primary N) is 1. The van der Waals surface area contributed by atoms with Gasteiger partial charge in [0.2, 0.25) is 0 Å². The Morgan fingerprint density at radius 1 is 1.29 bits per heavy atom. The van der Waals surface area contributed by atoms with Crippen LogP contribution in [0.2, 0.25) is 0 Å². The third kappa shape index (κ3) is 0.946. The third-order valence-corrected chi connectivity index (χ3v) is 5.61. The molecule has 0 aromatic heterocycles. The van der Waals surface area contributed by atoms with E-state index in [1.807, 2.05) is 0 Å². The lowest BCUT2D eigenvalue weighted by molar-refractivity contribution is 0.212. The first kappa shape index (κ1) is 10.5. The zero-order valence-electron chi connectivity index (χ0n) is 10.1. The smallest absolute Gasteiger partial charge is 0.0106 e. The van der Waals surface area contributed by atoms with Crippen molar-refractivity contribution in [1.82, 2.24) is 0 Å². The molecule has 0 amide bonds. The summed E-state index contributed by atoms with van der Waals surface area (Å²) >= 11 is 0. The van der Waals surface area contributed by atoms with E-state index in [4.69, 9.17) is 5.73 Å². The molecule has 2 N–H and O–H groups in total. The van der Waals surface area contributed by atoms with Crippen LogP contribution in [-0.4, -0.2) is 6.04 Å². The monoisotopic (exact) mass is 195 g/mol. The van der Waals surface area contributed by atoms with Crippen LogP contribution in [0.1, 0.15) is 53.4 Å². The molecule has 2 rings (SSSR count). The maximum atomic E-state index is 6.43. The average molecular weight is 195 g/mol. The highest BCUT2D eigenvalue weighted by Crippen LogP contribution is 2.76. The Kier molecular flexibility index (Phi) is 2.23. The second kappa shape index (κ2) is 2.98. The van der Waals surface area contributed by atoms with Crippen LogP contribution in [0.5, 0.6) is 0 Å². The Balaban J connectivity index is 2.34. The molecule has 4 atom stereocenters. The van der Waals surface area contributed by atoms with Crippen LogP contribution in [0.4, 0.5) is 0 Å². The first-order valence-corrected chi connectivity index (χ1v) is 6.23. The first-order valence-electron chi connectivity index (χ1n) is 6.23. The summed E-state index contributed by atoms with van der Waals surface area (Å²) in [5.41, 5.74) is 7.45. The average Bonchev–Trinajstić information content (AvgIpc) is 2.63. The molecule has 2 fully saturated rings. The van der Waals surface area contributed by atoms with Gasteiger partial charge in [-0.2, -0.15) is 0 Å². The van der Waals surface area contributed by atoms with Crippen LogP contribution in [0.3, 0.4) is 0 Å². The Morgan fingerprint density at radius 2 is 1.93 bits per heavy atom. The Morgan fingerprint density at radius 3 is 2.50 bits per heavy atom. The van der Waals surface area contributed by atoms with E-state index >= 15 is 0 Å². The summed E-state index contributed by atoms with van der Waals surface area (Å²) < 4.78 is 0. The molecule has 0 aromatic rings. The lowest BCUT2D eigenvalue weighted by Crippen LogP contribution is -2.38. The molecular weight excluding hydrogens is 170 g/mol. The fraction of sp³-hybridized carbons (Fsp3) is 1.00. The molecule has 1 heteroatoms. The molecule has 0 bridgehead atoms. The van der Waals surface area contributed by atoms with Gasteiger partial charge in [-0.15, -0.1) is 0 Å². The van der Waals surface area contributed by atoms with Crippen molar-refractivity contribution in [3.05, 3.63) is 0 Å². The van der Waals surface area contributed by atoms with E-state index in [0.717, 1.165) is 11.8 Å². The molecule has 0 spiro atoms. The summed E-state index contributed by atoms with van der Waals surface area (Å²) in [5.74, 6) is 1.58. The number of hydrogen-bond donors (Lipinski definition) is 1. The topological polar surface area (TPSA) is 26.0 Å². The van der Waals surface area contributed by atoms with E-state index in [1.165, 1.54) is 25.7 Å². The van der Waals surface area contributed by atoms with Crippen molar-refractivity contribution < 1.29 is 0 Å². The van der Waals surface area contributed by atoms with Crippen molar-refractivity contribution in [3.8, 4) is 0 Å². The summed E-state index contributed by atoms with van der Waals surface area (Å²) in [6, 6.07) is 0.449. The van der Waals surface area contributed by atoms with Crippen LogP contribution < -0.4 is 5.73 Å². The van der Waals surface area contributed by atoms with Crippen molar-refractivity contribution in [2.24, 2.45) is 28.4 Å². The van der Waals surface area contributed by atoms with Gasteiger partial charge in [0.05, 0.1) is 0 Å². The molecule has 82 valence electrons. The number of fused-ring (bicyclic) bond motifs is 1. The SMILES string of the molecule is CC(C)C12C(N)CCCCC1(C)C2C. The number of rotatable bonds is 1.